The quantitative estimate of drug-likeness (QED) is 0.874. The standard InChI is InChI=1S/C16H14ClNO2/c17-10-3-4-12-11(7-10)16(20)15-13(18-12)5-9(6-14(15)19)8-1-2-8/h3-4,7-9H,1-2,5-6H2,(H,18,20). The second kappa shape index (κ2) is 4.19. The maximum atomic E-state index is 12.5. The zero-order valence-corrected chi connectivity index (χ0v) is 11.7. The summed E-state index contributed by atoms with van der Waals surface area (Å²) in [5, 5.41) is 1.02. The number of fused-ring (bicyclic) bond motifs is 2. The Hall–Kier alpha value is -1.61. The van der Waals surface area contributed by atoms with Crippen molar-refractivity contribution in [2.75, 3.05) is 0 Å². The molecule has 102 valence electrons. The molecule has 1 aromatic heterocycles. The molecule has 2 aromatic rings. The average Bonchev–Trinajstić information content (AvgIpc) is 3.23. The highest BCUT2D eigenvalue weighted by Crippen LogP contribution is 2.42. The van der Waals surface area contributed by atoms with E-state index in [9.17, 15) is 9.59 Å². The molecule has 4 heteroatoms. The molecule has 0 aliphatic heterocycles. The Labute approximate surface area is 121 Å². The highest BCUT2D eigenvalue weighted by atomic mass is 35.5. The van der Waals surface area contributed by atoms with E-state index in [1.54, 1.807) is 12.1 Å². The van der Waals surface area contributed by atoms with Crippen LogP contribution in [0.2, 0.25) is 5.02 Å². The summed E-state index contributed by atoms with van der Waals surface area (Å²) < 4.78 is 0. The zero-order valence-electron chi connectivity index (χ0n) is 10.9. The molecule has 20 heavy (non-hydrogen) atoms. The monoisotopic (exact) mass is 287 g/mol. The lowest BCUT2D eigenvalue weighted by Gasteiger charge is -2.23. The van der Waals surface area contributed by atoms with E-state index in [1.807, 2.05) is 6.07 Å². The largest absolute Gasteiger partial charge is 0.358 e. The van der Waals surface area contributed by atoms with Crippen LogP contribution in [0, 0.1) is 11.8 Å². The first-order valence-electron chi connectivity index (χ1n) is 7.01. The second-order valence-corrected chi connectivity index (χ2v) is 6.36. The summed E-state index contributed by atoms with van der Waals surface area (Å²) in [6.07, 6.45) is 3.79. The van der Waals surface area contributed by atoms with Crippen LogP contribution in [0.3, 0.4) is 0 Å². The van der Waals surface area contributed by atoms with Gasteiger partial charge in [-0.15, -0.1) is 0 Å². The van der Waals surface area contributed by atoms with Gasteiger partial charge in [0.1, 0.15) is 0 Å². The van der Waals surface area contributed by atoms with Gasteiger partial charge in [0.05, 0.1) is 5.56 Å². The number of carbonyl (C=O) groups is 1. The van der Waals surface area contributed by atoms with Crippen molar-refractivity contribution >= 4 is 28.3 Å². The van der Waals surface area contributed by atoms with Crippen molar-refractivity contribution in [3.8, 4) is 0 Å². The molecule has 1 N–H and O–H groups in total. The summed E-state index contributed by atoms with van der Waals surface area (Å²) in [4.78, 5) is 28.1. The van der Waals surface area contributed by atoms with Crippen LogP contribution in [-0.2, 0) is 6.42 Å². The van der Waals surface area contributed by atoms with E-state index in [0.29, 0.717) is 34.2 Å². The molecule has 0 spiro atoms. The Morgan fingerprint density at radius 3 is 2.65 bits per heavy atom. The van der Waals surface area contributed by atoms with Gasteiger partial charge in [0.25, 0.3) is 0 Å². The molecule has 3 nitrogen and oxygen atoms in total. The van der Waals surface area contributed by atoms with Crippen molar-refractivity contribution in [1.29, 1.82) is 0 Å². The smallest absolute Gasteiger partial charge is 0.200 e. The molecule has 1 atom stereocenters. The van der Waals surface area contributed by atoms with Crippen molar-refractivity contribution in [2.24, 2.45) is 11.8 Å². The average molecular weight is 288 g/mol. The number of Topliss-reactive ketones (excluding diaryl/α,β-unsaturated/α-hetero) is 1. The summed E-state index contributed by atoms with van der Waals surface area (Å²) in [6.45, 7) is 0. The van der Waals surface area contributed by atoms with Crippen LogP contribution < -0.4 is 5.43 Å². The van der Waals surface area contributed by atoms with Gasteiger partial charge in [0.15, 0.2) is 5.78 Å². The summed E-state index contributed by atoms with van der Waals surface area (Å²) in [6, 6.07) is 5.20. The SMILES string of the molecule is O=C1CC(C2CC2)Cc2[nH]c3ccc(Cl)cc3c(=O)c21. The zero-order chi connectivity index (χ0) is 13.9. The molecule has 1 aromatic carbocycles. The third-order valence-corrected chi connectivity index (χ3v) is 4.76. The number of aromatic nitrogens is 1. The molecule has 1 unspecified atom stereocenters. The van der Waals surface area contributed by atoms with E-state index in [1.165, 1.54) is 12.8 Å². The molecule has 2 aliphatic rings. The van der Waals surface area contributed by atoms with Gasteiger partial charge >= 0.3 is 0 Å². The molecule has 2 aliphatic carbocycles. The van der Waals surface area contributed by atoms with Crippen LogP contribution >= 0.6 is 11.6 Å². The first-order chi connectivity index (χ1) is 9.63. The number of ketones is 1. The lowest BCUT2D eigenvalue weighted by atomic mass is 9.82. The number of hydrogen-bond donors (Lipinski definition) is 1. The van der Waals surface area contributed by atoms with Crippen LogP contribution in [-0.4, -0.2) is 10.8 Å². The normalized spacial score (nSPS) is 22.1. The first kappa shape index (κ1) is 12.2. The van der Waals surface area contributed by atoms with Gasteiger partial charge in [-0.3, -0.25) is 9.59 Å². The van der Waals surface area contributed by atoms with Gasteiger partial charge in [-0.05, 0) is 49.3 Å². The number of hydrogen-bond acceptors (Lipinski definition) is 2. The lowest BCUT2D eigenvalue weighted by molar-refractivity contribution is 0.0940. The number of H-pyrrole nitrogens is 1. The first-order valence-corrected chi connectivity index (χ1v) is 7.39. The predicted molar refractivity (Wildman–Crippen MR) is 78.4 cm³/mol. The molecule has 0 radical (unpaired) electrons. The van der Waals surface area contributed by atoms with Crippen molar-refractivity contribution in [1.82, 2.24) is 4.98 Å². The fourth-order valence-corrected chi connectivity index (χ4v) is 3.51. The Morgan fingerprint density at radius 2 is 1.90 bits per heavy atom. The number of halogens is 1. The predicted octanol–water partition coefficient (Wildman–Crippen LogP) is 3.34. The van der Waals surface area contributed by atoms with Gasteiger partial charge < -0.3 is 4.98 Å². The molecule has 1 heterocycles. The Bertz CT molecular complexity index is 789. The van der Waals surface area contributed by atoms with Crippen LogP contribution in [0.25, 0.3) is 10.9 Å². The maximum absolute atomic E-state index is 12.5. The molecule has 4 rings (SSSR count). The van der Waals surface area contributed by atoms with Crippen LogP contribution in [0.1, 0.15) is 35.3 Å². The van der Waals surface area contributed by atoms with Gasteiger partial charge in [0.2, 0.25) is 5.43 Å². The van der Waals surface area contributed by atoms with Gasteiger partial charge in [-0.2, -0.15) is 0 Å². The fraction of sp³-hybridized carbons (Fsp3) is 0.375. The van der Waals surface area contributed by atoms with E-state index in [-0.39, 0.29) is 11.2 Å². The van der Waals surface area contributed by atoms with Crippen LogP contribution in [0.15, 0.2) is 23.0 Å². The number of carbonyl (C=O) groups excluding carboxylic acids is 1. The van der Waals surface area contributed by atoms with Gasteiger partial charge in [-0.1, -0.05) is 11.6 Å². The molecular weight excluding hydrogens is 274 g/mol. The van der Waals surface area contributed by atoms with E-state index in [0.717, 1.165) is 17.6 Å². The van der Waals surface area contributed by atoms with Crippen LogP contribution in [0.5, 0.6) is 0 Å². The second-order valence-electron chi connectivity index (χ2n) is 5.93. The Kier molecular flexibility index (Phi) is 2.55. The van der Waals surface area contributed by atoms with Crippen molar-refractivity contribution in [2.45, 2.75) is 25.7 Å². The van der Waals surface area contributed by atoms with E-state index < -0.39 is 0 Å². The minimum Gasteiger partial charge on any atom is -0.358 e. The van der Waals surface area contributed by atoms with E-state index >= 15 is 0 Å². The molecular formula is C16H14ClNO2. The van der Waals surface area contributed by atoms with E-state index in [4.69, 9.17) is 11.6 Å². The minimum absolute atomic E-state index is 0.00808. The molecule has 0 amide bonds. The summed E-state index contributed by atoms with van der Waals surface area (Å²) >= 11 is 5.95. The van der Waals surface area contributed by atoms with Crippen LogP contribution in [0.4, 0.5) is 0 Å². The minimum atomic E-state index is -0.171. The van der Waals surface area contributed by atoms with Crippen molar-refractivity contribution in [3.63, 3.8) is 0 Å². The third kappa shape index (κ3) is 1.80. The topological polar surface area (TPSA) is 49.9 Å². The number of pyridine rings is 1. The van der Waals surface area contributed by atoms with Gasteiger partial charge in [0, 0.05) is 28.0 Å². The Morgan fingerprint density at radius 1 is 1.10 bits per heavy atom. The molecule has 1 saturated carbocycles. The van der Waals surface area contributed by atoms with Gasteiger partial charge in [-0.25, -0.2) is 0 Å². The maximum Gasteiger partial charge on any atom is 0.200 e. The summed E-state index contributed by atoms with van der Waals surface area (Å²) in [5.41, 5.74) is 1.77. The van der Waals surface area contributed by atoms with Crippen molar-refractivity contribution < 1.29 is 4.79 Å². The summed E-state index contributed by atoms with van der Waals surface area (Å²) in [5.74, 6) is 1.08. The molecule has 1 fully saturated rings. The fourth-order valence-electron chi connectivity index (χ4n) is 3.33. The number of benzene rings is 1. The Balaban J connectivity index is 1.94. The molecule has 0 bridgehead atoms. The highest BCUT2D eigenvalue weighted by molar-refractivity contribution is 6.31. The third-order valence-electron chi connectivity index (χ3n) is 4.52. The highest BCUT2D eigenvalue weighted by Gasteiger charge is 2.37. The van der Waals surface area contributed by atoms with Crippen molar-refractivity contribution in [3.05, 3.63) is 44.7 Å². The summed E-state index contributed by atoms with van der Waals surface area (Å²) in [7, 11) is 0. The number of nitrogens with one attached hydrogen (secondary N) is 1. The number of aromatic amines is 1. The molecule has 0 saturated heterocycles. The number of rotatable bonds is 1. The van der Waals surface area contributed by atoms with E-state index in [2.05, 4.69) is 4.98 Å². The lowest BCUT2D eigenvalue weighted by Crippen LogP contribution is -2.29.